The van der Waals surface area contributed by atoms with Gasteiger partial charge in [-0.2, -0.15) is 0 Å². The van der Waals surface area contributed by atoms with E-state index in [0.29, 0.717) is 11.1 Å². The van der Waals surface area contributed by atoms with Crippen LogP contribution in [0.5, 0.6) is 0 Å². The Hall–Kier alpha value is -2.15. The predicted molar refractivity (Wildman–Crippen MR) is 144 cm³/mol. The van der Waals surface area contributed by atoms with Crippen molar-refractivity contribution in [2.45, 2.75) is 107 Å². The summed E-state index contributed by atoms with van der Waals surface area (Å²) < 4.78 is 32.1. The fourth-order valence-electron chi connectivity index (χ4n) is 8.67. The van der Waals surface area contributed by atoms with Gasteiger partial charge in [-0.3, -0.25) is 4.79 Å². The molecule has 0 aromatic heterocycles. The number of fused-ring (bicyclic) bond motifs is 2. The van der Waals surface area contributed by atoms with Gasteiger partial charge in [0.05, 0.1) is 24.4 Å². The Kier molecular flexibility index (Phi) is 6.31. The van der Waals surface area contributed by atoms with Crippen LogP contribution in [-0.4, -0.2) is 85.3 Å². The first-order valence-electron chi connectivity index (χ1n) is 14.1. The van der Waals surface area contributed by atoms with E-state index in [0.717, 1.165) is 5.56 Å². The van der Waals surface area contributed by atoms with Crippen molar-refractivity contribution in [1.29, 1.82) is 0 Å². The van der Waals surface area contributed by atoms with E-state index in [4.69, 9.17) is 23.7 Å². The molecular formula is C31H40O10. The molecule has 4 N–H and O–H groups in total. The van der Waals surface area contributed by atoms with Gasteiger partial charge in [0.15, 0.2) is 6.10 Å². The summed E-state index contributed by atoms with van der Waals surface area (Å²) in [5.74, 6) is -5.03. The van der Waals surface area contributed by atoms with Gasteiger partial charge in [0.1, 0.15) is 29.0 Å². The molecule has 2 saturated heterocycles. The molecule has 1 aromatic rings. The molecule has 10 nitrogen and oxygen atoms in total. The van der Waals surface area contributed by atoms with Crippen molar-refractivity contribution >= 4 is 5.97 Å². The van der Waals surface area contributed by atoms with Crippen molar-refractivity contribution in [2.75, 3.05) is 0 Å². The molecule has 224 valence electrons. The van der Waals surface area contributed by atoms with Gasteiger partial charge in [0.25, 0.3) is 5.97 Å². The first-order valence-corrected chi connectivity index (χ1v) is 14.1. The molecule has 41 heavy (non-hydrogen) atoms. The molecule has 3 bridgehead atoms. The summed E-state index contributed by atoms with van der Waals surface area (Å²) in [5, 5.41) is 48.0. The molecule has 1 aromatic carbocycles. The number of hydrogen-bond donors (Lipinski definition) is 4. The number of esters is 1. The largest absolute Gasteiger partial charge is 0.455 e. The fourth-order valence-corrected chi connectivity index (χ4v) is 8.67. The van der Waals surface area contributed by atoms with Crippen LogP contribution in [0.25, 0.3) is 0 Å². The van der Waals surface area contributed by atoms with E-state index in [-0.39, 0.29) is 6.61 Å². The third kappa shape index (κ3) is 3.50. The summed E-state index contributed by atoms with van der Waals surface area (Å²) in [6.07, 6.45) is -4.89. The number of aliphatic hydroxyl groups excluding tert-OH is 2. The number of aliphatic hydroxyl groups is 4. The molecule has 0 amide bonds. The summed E-state index contributed by atoms with van der Waals surface area (Å²) in [6.45, 7) is 13.9. The van der Waals surface area contributed by atoms with E-state index < -0.39 is 82.6 Å². The van der Waals surface area contributed by atoms with Crippen molar-refractivity contribution in [3.63, 3.8) is 0 Å². The van der Waals surface area contributed by atoms with Crippen LogP contribution in [0.2, 0.25) is 0 Å². The Bertz CT molecular complexity index is 1290. The lowest BCUT2D eigenvalue weighted by molar-refractivity contribution is -0.427. The minimum absolute atomic E-state index is 0.223. The molecule has 13 atom stereocenters. The van der Waals surface area contributed by atoms with Crippen LogP contribution in [0, 0.1) is 17.8 Å². The monoisotopic (exact) mass is 572 g/mol. The zero-order valence-corrected chi connectivity index (χ0v) is 24.2. The minimum atomic E-state index is -2.28. The highest BCUT2D eigenvalue weighted by molar-refractivity contribution is 5.67. The first kappa shape index (κ1) is 28.9. The second-order valence-corrected chi connectivity index (χ2v) is 12.9. The molecular weight excluding hydrogens is 532 g/mol. The maximum absolute atomic E-state index is 12.5. The molecule has 2 aliphatic heterocycles. The molecule has 4 fully saturated rings. The van der Waals surface area contributed by atoms with Crippen molar-refractivity contribution in [1.82, 2.24) is 0 Å². The molecule has 1 unspecified atom stereocenters. The molecule has 2 saturated carbocycles. The van der Waals surface area contributed by atoms with E-state index >= 15 is 0 Å². The molecule has 3 aliphatic carbocycles. The lowest BCUT2D eigenvalue weighted by Crippen LogP contribution is -2.77. The van der Waals surface area contributed by atoms with Gasteiger partial charge in [0, 0.05) is 31.6 Å². The number of hydrogen-bond acceptors (Lipinski definition) is 10. The Labute approximate surface area is 239 Å². The van der Waals surface area contributed by atoms with Crippen LogP contribution < -0.4 is 0 Å². The van der Waals surface area contributed by atoms with Crippen LogP contribution in [0.3, 0.4) is 0 Å². The normalized spacial score (nSPS) is 51.4. The summed E-state index contributed by atoms with van der Waals surface area (Å²) in [4.78, 5) is 12.2. The van der Waals surface area contributed by atoms with Gasteiger partial charge < -0.3 is 44.1 Å². The van der Waals surface area contributed by atoms with Gasteiger partial charge in [-0.1, -0.05) is 49.9 Å². The van der Waals surface area contributed by atoms with Gasteiger partial charge in [0.2, 0.25) is 0 Å². The minimum Gasteiger partial charge on any atom is -0.455 e. The topological polar surface area (TPSA) is 144 Å². The zero-order chi connectivity index (χ0) is 29.9. The van der Waals surface area contributed by atoms with Crippen LogP contribution >= 0.6 is 0 Å². The van der Waals surface area contributed by atoms with Gasteiger partial charge in [-0.15, -0.1) is 0 Å². The quantitative estimate of drug-likeness (QED) is 0.304. The maximum atomic E-state index is 12.5. The molecule has 10 heteroatoms. The van der Waals surface area contributed by atoms with Crippen LogP contribution in [0.4, 0.5) is 0 Å². The van der Waals surface area contributed by atoms with E-state index in [1.165, 1.54) is 13.8 Å². The summed E-state index contributed by atoms with van der Waals surface area (Å²) in [5.41, 5.74) is -5.38. The van der Waals surface area contributed by atoms with E-state index in [1.807, 2.05) is 37.3 Å². The van der Waals surface area contributed by atoms with E-state index in [2.05, 4.69) is 6.58 Å². The Morgan fingerprint density at radius 2 is 1.76 bits per heavy atom. The van der Waals surface area contributed by atoms with E-state index in [9.17, 15) is 25.2 Å². The summed E-state index contributed by atoms with van der Waals surface area (Å²) in [6, 6.07) is 9.63. The Balaban J connectivity index is 1.59. The van der Waals surface area contributed by atoms with Gasteiger partial charge in [-0.25, -0.2) is 0 Å². The fraction of sp³-hybridized carbons (Fsp3) is 0.645. The molecule has 2 heterocycles. The SMILES string of the molecule is C=C(C)[C@@]12OC3(C)O[C@@H]1[C@@H]1[C@H](O)[C@@](C)(O)[C@@H](O)[C@@]4(O)[C@@H](C=C(C)[C@@H]4OC(C)=O)[C@@]1(O3)[C@H](C)[C@@H]2OCc1ccccc1. The summed E-state index contributed by atoms with van der Waals surface area (Å²) in [7, 11) is 0. The second kappa shape index (κ2) is 8.93. The van der Waals surface area contributed by atoms with Crippen LogP contribution in [0.15, 0.2) is 54.1 Å². The Morgan fingerprint density at radius 3 is 2.37 bits per heavy atom. The third-order valence-electron chi connectivity index (χ3n) is 10.3. The number of rotatable bonds is 5. The van der Waals surface area contributed by atoms with Gasteiger partial charge >= 0.3 is 5.97 Å². The lowest BCUT2D eigenvalue weighted by Gasteiger charge is -2.62. The number of carbonyl (C=O) groups excluding carboxylic acids is 1. The molecule has 0 spiro atoms. The third-order valence-corrected chi connectivity index (χ3v) is 10.3. The van der Waals surface area contributed by atoms with Gasteiger partial charge in [-0.05, 0) is 37.5 Å². The highest BCUT2D eigenvalue weighted by Crippen LogP contribution is 2.70. The highest BCUT2D eigenvalue weighted by atomic mass is 16.9. The van der Waals surface area contributed by atoms with Crippen molar-refractivity contribution < 1.29 is 48.9 Å². The van der Waals surface area contributed by atoms with Crippen molar-refractivity contribution in [3.05, 3.63) is 59.7 Å². The average Bonchev–Trinajstić information content (AvgIpc) is 3.27. The maximum Gasteiger partial charge on any atom is 0.303 e. The second-order valence-electron chi connectivity index (χ2n) is 12.9. The zero-order valence-electron chi connectivity index (χ0n) is 24.2. The summed E-state index contributed by atoms with van der Waals surface area (Å²) >= 11 is 0. The average molecular weight is 573 g/mol. The van der Waals surface area contributed by atoms with Crippen LogP contribution in [0.1, 0.15) is 47.1 Å². The molecule has 0 radical (unpaired) electrons. The molecule has 5 aliphatic rings. The van der Waals surface area contributed by atoms with Crippen molar-refractivity contribution in [3.8, 4) is 0 Å². The standard InChI is InChI=1S/C31H40O10/c1-15(2)30-24(37-14-19-11-9-8-10-12-19)17(4)31-20-13-16(3)23(38-18(5)32)29(20,36)26(34)27(6,35)22(33)21(31)25(30)39-28(7,40-30)41-31/h8-13,17,20-26,33-36H,1,14H2,2-7H3/t17-,20-,21+,22+,23+,24+,25-,26-,27-,28?,29-,30+,31+/m1/s1. The highest BCUT2D eigenvalue weighted by Gasteiger charge is 2.85. The smallest absolute Gasteiger partial charge is 0.303 e. The lowest BCUT2D eigenvalue weighted by atomic mass is 9.52. The number of benzene rings is 1. The van der Waals surface area contributed by atoms with Crippen molar-refractivity contribution in [2.24, 2.45) is 17.8 Å². The number of ether oxygens (including phenoxy) is 5. The first-order chi connectivity index (χ1) is 19.1. The van der Waals surface area contributed by atoms with E-state index in [1.54, 1.807) is 26.8 Å². The van der Waals surface area contributed by atoms with Crippen LogP contribution in [-0.2, 0) is 35.1 Å². The Morgan fingerprint density at radius 1 is 1.10 bits per heavy atom. The predicted octanol–water partition coefficient (Wildman–Crippen LogP) is 1.74. The number of carbonyl (C=O) groups is 1. The molecule has 6 rings (SSSR count).